The van der Waals surface area contributed by atoms with E-state index in [1.807, 2.05) is 0 Å². The summed E-state index contributed by atoms with van der Waals surface area (Å²) in [7, 11) is 0. The number of carbonyl (C=O) groups is 1. The van der Waals surface area contributed by atoms with Crippen LogP contribution in [0.5, 0.6) is 0 Å². The monoisotopic (exact) mass is 303 g/mol. The maximum Gasteiger partial charge on any atom is 0.246 e. The van der Waals surface area contributed by atoms with Crippen molar-refractivity contribution in [2.24, 2.45) is 0 Å². The molecule has 1 aromatic rings. The normalized spacial score (nSPS) is 15.8. The number of nitriles is 1. The highest BCUT2D eigenvalue weighted by Crippen LogP contribution is 2.04. The summed E-state index contributed by atoms with van der Waals surface area (Å²) >= 11 is 0. The van der Waals surface area contributed by atoms with Gasteiger partial charge in [0.05, 0.1) is 32.0 Å². The third-order valence-corrected chi connectivity index (χ3v) is 3.53. The molecule has 1 aromatic heterocycles. The summed E-state index contributed by atoms with van der Waals surface area (Å²) in [5, 5.41) is 8.75. The molecular formula is C16H21N3O3. The fourth-order valence-electron chi connectivity index (χ4n) is 2.25. The van der Waals surface area contributed by atoms with E-state index in [2.05, 4.69) is 11.0 Å². The zero-order valence-corrected chi connectivity index (χ0v) is 12.6. The van der Waals surface area contributed by atoms with Crippen molar-refractivity contribution in [2.45, 2.75) is 6.42 Å². The summed E-state index contributed by atoms with van der Waals surface area (Å²) in [4.78, 5) is 16.2. The van der Waals surface area contributed by atoms with Crippen molar-refractivity contribution in [1.29, 1.82) is 5.26 Å². The van der Waals surface area contributed by atoms with Gasteiger partial charge in [0.25, 0.3) is 0 Å². The molecule has 0 radical (unpaired) electrons. The summed E-state index contributed by atoms with van der Waals surface area (Å²) in [6.07, 6.45) is 5.05. The first-order valence-electron chi connectivity index (χ1n) is 7.47. The SMILES string of the molecule is N#CCCN(CCN1CCOCC1)C(=O)C=Cc1ccco1. The van der Waals surface area contributed by atoms with Crippen LogP contribution in [0.2, 0.25) is 0 Å². The minimum absolute atomic E-state index is 0.0973. The number of ether oxygens (including phenoxy) is 1. The molecule has 6 nitrogen and oxygen atoms in total. The molecule has 118 valence electrons. The Bertz CT molecular complexity index is 513. The predicted octanol–water partition coefficient (Wildman–Crippen LogP) is 1.37. The Morgan fingerprint density at radius 3 is 2.91 bits per heavy atom. The molecule has 6 heteroatoms. The van der Waals surface area contributed by atoms with Gasteiger partial charge in [0, 0.05) is 38.8 Å². The lowest BCUT2D eigenvalue weighted by Gasteiger charge is -2.29. The molecule has 0 atom stereocenters. The van der Waals surface area contributed by atoms with Crippen molar-refractivity contribution in [3.8, 4) is 6.07 Å². The summed E-state index contributed by atoms with van der Waals surface area (Å²) in [6.45, 7) is 5.13. The van der Waals surface area contributed by atoms with Crippen molar-refractivity contribution < 1.29 is 13.9 Å². The molecular weight excluding hydrogens is 282 g/mol. The standard InChI is InChI=1S/C16H21N3O3/c17-6-2-7-19(9-8-18-10-13-21-14-11-18)16(20)5-4-15-3-1-12-22-15/h1,3-5,12H,2,7-11,13-14H2. The molecule has 0 unspecified atom stereocenters. The van der Waals surface area contributed by atoms with E-state index in [1.165, 1.54) is 6.08 Å². The first-order chi connectivity index (χ1) is 10.8. The van der Waals surface area contributed by atoms with Crippen LogP contribution in [0.4, 0.5) is 0 Å². The third-order valence-electron chi connectivity index (χ3n) is 3.53. The van der Waals surface area contributed by atoms with E-state index in [9.17, 15) is 4.79 Å². The van der Waals surface area contributed by atoms with Crippen LogP contribution in [0, 0.1) is 11.3 Å². The van der Waals surface area contributed by atoms with Gasteiger partial charge in [-0.15, -0.1) is 0 Å². The molecule has 1 amide bonds. The van der Waals surface area contributed by atoms with Crippen molar-refractivity contribution in [3.63, 3.8) is 0 Å². The van der Waals surface area contributed by atoms with Crippen LogP contribution in [0.1, 0.15) is 12.2 Å². The second-order valence-electron chi connectivity index (χ2n) is 5.04. The van der Waals surface area contributed by atoms with Gasteiger partial charge in [0.15, 0.2) is 0 Å². The smallest absolute Gasteiger partial charge is 0.246 e. The summed E-state index contributed by atoms with van der Waals surface area (Å²) in [6, 6.07) is 5.65. The van der Waals surface area contributed by atoms with E-state index in [0.29, 0.717) is 25.3 Å². The van der Waals surface area contributed by atoms with Crippen molar-refractivity contribution in [2.75, 3.05) is 45.9 Å². The lowest BCUT2D eigenvalue weighted by Crippen LogP contribution is -2.43. The lowest BCUT2D eigenvalue weighted by molar-refractivity contribution is -0.126. The van der Waals surface area contributed by atoms with Crippen LogP contribution >= 0.6 is 0 Å². The van der Waals surface area contributed by atoms with Gasteiger partial charge in [-0.1, -0.05) is 0 Å². The van der Waals surface area contributed by atoms with Crippen LogP contribution < -0.4 is 0 Å². The minimum Gasteiger partial charge on any atom is -0.465 e. The van der Waals surface area contributed by atoms with E-state index < -0.39 is 0 Å². The van der Waals surface area contributed by atoms with Crippen LogP contribution in [-0.2, 0) is 9.53 Å². The van der Waals surface area contributed by atoms with E-state index in [1.54, 1.807) is 29.4 Å². The molecule has 0 spiro atoms. The Morgan fingerprint density at radius 2 is 2.23 bits per heavy atom. The van der Waals surface area contributed by atoms with Gasteiger partial charge in [-0.3, -0.25) is 9.69 Å². The van der Waals surface area contributed by atoms with Crippen LogP contribution in [0.3, 0.4) is 0 Å². The van der Waals surface area contributed by atoms with Crippen LogP contribution in [-0.4, -0.2) is 61.6 Å². The second-order valence-corrected chi connectivity index (χ2v) is 5.04. The fourth-order valence-corrected chi connectivity index (χ4v) is 2.25. The molecule has 0 saturated carbocycles. The van der Waals surface area contributed by atoms with Gasteiger partial charge in [0.1, 0.15) is 5.76 Å². The van der Waals surface area contributed by atoms with E-state index in [4.69, 9.17) is 14.4 Å². The Hall–Kier alpha value is -2.10. The molecule has 0 N–H and O–H groups in total. The van der Waals surface area contributed by atoms with Gasteiger partial charge in [-0.25, -0.2) is 0 Å². The van der Waals surface area contributed by atoms with Gasteiger partial charge in [-0.2, -0.15) is 5.26 Å². The van der Waals surface area contributed by atoms with E-state index in [0.717, 1.165) is 32.8 Å². The first-order valence-corrected chi connectivity index (χ1v) is 7.47. The first kappa shape index (κ1) is 16.3. The lowest BCUT2D eigenvalue weighted by atomic mass is 10.3. The minimum atomic E-state index is -0.0973. The van der Waals surface area contributed by atoms with E-state index in [-0.39, 0.29) is 5.91 Å². The fraction of sp³-hybridized carbons (Fsp3) is 0.500. The Morgan fingerprint density at radius 1 is 1.41 bits per heavy atom. The number of hydrogen-bond acceptors (Lipinski definition) is 5. The maximum absolute atomic E-state index is 12.3. The molecule has 2 heterocycles. The second kappa shape index (κ2) is 9.03. The Labute approximate surface area is 130 Å². The summed E-state index contributed by atoms with van der Waals surface area (Å²) < 4.78 is 10.5. The van der Waals surface area contributed by atoms with Gasteiger partial charge >= 0.3 is 0 Å². The Balaban J connectivity index is 1.86. The number of carbonyl (C=O) groups excluding carboxylic acids is 1. The number of rotatable bonds is 7. The van der Waals surface area contributed by atoms with Crippen LogP contribution in [0.25, 0.3) is 6.08 Å². The number of furan rings is 1. The highest BCUT2D eigenvalue weighted by Gasteiger charge is 2.15. The molecule has 1 saturated heterocycles. The van der Waals surface area contributed by atoms with Crippen molar-refractivity contribution in [3.05, 3.63) is 30.2 Å². The van der Waals surface area contributed by atoms with E-state index >= 15 is 0 Å². The zero-order chi connectivity index (χ0) is 15.6. The maximum atomic E-state index is 12.3. The average Bonchev–Trinajstić information content (AvgIpc) is 3.07. The topological polar surface area (TPSA) is 69.7 Å². The largest absolute Gasteiger partial charge is 0.465 e. The summed E-state index contributed by atoms with van der Waals surface area (Å²) in [5.41, 5.74) is 0. The van der Waals surface area contributed by atoms with Crippen molar-refractivity contribution >= 4 is 12.0 Å². The molecule has 1 fully saturated rings. The predicted molar refractivity (Wildman–Crippen MR) is 81.8 cm³/mol. The van der Waals surface area contributed by atoms with Crippen molar-refractivity contribution in [1.82, 2.24) is 9.80 Å². The number of morpholine rings is 1. The quantitative estimate of drug-likeness (QED) is 0.712. The van der Waals surface area contributed by atoms with Gasteiger partial charge in [-0.05, 0) is 18.2 Å². The summed E-state index contributed by atoms with van der Waals surface area (Å²) in [5.74, 6) is 0.543. The highest BCUT2D eigenvalue weighted by atomic mass is 16.5. The van der Waals surface area contributed by atoms with Gasteiger partial charge < -0.3 is 14.1 Å². The molecule has 1 aliphatic rings. The molecule has 0 aliphatic carbocycles. The zero-order valence-electron chi connectivity index (χ0n) is 12.6. The molecule has 0 aromatic carbocycles. The number of amides is 1. The Kier molecular flexibility index (Phi) is 6.68. The number of nitrogens with zero attached hydrogens (tertiary/aromatic N) is 3. The molecule has 22 heavy (non-hydrogen) atoms. The third kappa shape index (κ3) is 5.35. The van der Waals surface area contributed by atoms with Gasteiger partial charge in [0.2, 0.25) is 5.91 Å². The average molecular weight is 303 g/mol. The molecule has 2 rings (SSSR count). The number of hydrogen-bond donors (Lipinski definition) is 0. The van der Waals surface area contributed by atoms with Crippen LogP contribution in [0.15, 0.2) is 28.9 Å². The molecule has 1 aliphatic heterocycles. The highest BCUT2D eigenvalue weighted by molar-refractivity contribution is 5.91. The molecule has 0 bridgehead atoms.